The fourth-order valence-electron chi connectivity index (χ4n) is 6.23. The molecule has 0 radical (unpaired) electrons. The number of nitrogens with one attached hydrogen (secondary N) is 1. The van der Waals surface area contributed by atoms with Crippen LogP contribution < -0.4 is 10.2 Å². The smallest absolute Gasteiger partial charge is 0.377 e. The molecule has 3 saturated heterocycles. The molecule has 2 aromatic heterocycles. The molecule has 5 aliphatic rings. The summed E-state index contributed by atoms with van der Waals surface area (Å²) in [4.78, 5) is 27.5. The molecule has 42 heavy (non-hydrogen) atoms. The van der Waals surface area contributed by atoms with Gasteiger partial charge in [-0.2, -0.15) is 13.2 Å². The Morgan fingerprint density at radius 2 is 1.93 bits per heavy atom. The molecule has 0 spiro atoms. The number of nitrogens with zero attached hydrogens (tertiary/aromatic N) is 4. The summed E-state index contributed by atoms with van der Waals surface area (Å²) >= 11 is 2.55. The molecule has 1 saturated carbocycles. The Balaban J connectivity index is 1.12. The van der Waals surface area contributed by atoms with E-state index in [1.807, 2.05) is 6.07 Å². The van der Waals surface area contributed by atoms with Gasteiger partial charge in [-0.25, -0.2) is 9.97 Å². The fourth-order valence-corrected chi connectivity index (χ4v) is 8.55. The van der Waals surface area contributed by atoms with E-state index in [2.05, 4.69) is 32.3 Å². The minimum Gasteiger partial charge on any atom is -0.377 e. The van der Waals surface area contributed by atoms with Gasteiger partial charge in [-0.1, -0.05) is 0 Å². The maximum atomic E-state index is 14.2. The largest absolute Gasteiger partial charge is 0.420 e. The zero-order valence-electron chi connectivity index (χ0n) is 22.5. The predicted octanol–water partition coefficient (Wildman–Crippen LogP) is 5.77. The molecule has 1 aromatic carbocycles. The average molecular weight is 616 g/mol. The average Bonchev–Trinajstić information content (AvgIpc) is 3.39. The number of hydrogen-bond acceptors (Lipinski definition) is 9. The molecule has 3 aromatic rings. The van der Waals surface area contributed by atoms with Crippen molar-refractivity contribution in [3.63, 3.8) is 0 Å². The first-order valence-electron chi connectivity index (χ1n) is 14.2. The number of fused-ring (bicyclic) bond motifs is 3. The number of benzene rings is 1. The molecule has 13 heteroatoms. The molecular formula is C29H28F3N5O3S2. The lowest BCUT2D eigenvalue weighted by Gasteiger charge is -2.36. The number of halogens is 3. The number of thiophene rings is 1. The first-order valence-corrected chi connectivity index (χ1v) is 16.0. The molecule has 2 bridgehead atoms. The zero-order chi connectivity index (χ0) is 28.6. The number of carbonyl (C=O) groups excluding carboxylic acids is 1. The van der Waals surface area contributed by atoms with Crippen LogP contribution in [0.5, 0.6) is 0 Å². The van der Waals surface area contributed by atoms with Gasteiger partial charge in [0.25, 0.3) is 5.91 Å². The number of morpholine rings is 1. The van der Waals surface area contributed by atoms with Crippen LogP contribution in [0.4, 0.5) is 30.5 Å². The van der Waals surface area contributed by atoms with Gasteiger partial charge < -0.3 is 24.6 Å². The van der Waals surface area contributed by atoms with Crippen LogP contribution in [-0.2, 0) is 15.7 Å². The fraction of sp³-hybridized carbons (Fsp3) is 0.483. The molecule has 1 aliphatic carbocycles. The Morgan fingerprint density at radius 3 is 2.62 bits per heavy atom. The molecule has 2 atom stereocenters. The second-order valence-electron chi connectivity index (χ2n) is 11.5. The van der Waals surface area contributed by atoms with Crippen molar-refractivity contribution in [2.75, 3.05) is 48.9 Å². The number of hydrogen-bond donors (Lipinski definition) is 1. The van der Waals surface area contributed by atoms with Gasteiger partial charge in [0.15, 0.2) is 0 Å². The van der Waals surface area contributed by atoms with Crippen molar-refractivity contribution in [1.82, 2.24) is 14.9 Å². The number of thioether (sulfide) groups is 1. The molecule has 4 fully saturated rings. The van der Waals surface area contributed by atoms with Crippen LogP contribution in [0.3, 0.4) is 0 Å². The van der Waals surface area contributed by atoms with Crippen molar-refractivity contribution in [3.05, 3.63) is 46.5 Å². The molecule has 6 heterocycles. The van der Waals surface area contributed by atoms with Crippen molar-refractivity contribution < 1.29 is 27.4 Å². The second-order valence-corrected chi connectivity index (χ2v) is 13.7. The molecular weight excluding hydrogens is 587 g/mol. The topological polar surface area (TPSA) is 79.8 Å². The number of ether oxygens (including phenoxy) is 2. The van der Waals surface area contributed by atoms with Gasteiger partial charge in [0.05, 0.1) is 48.6 Å². The molecule has 8 nitrogen and oxygen atoms in total. The first kappa shape index (κ1) is 26.7. The lowest BCUT2D eigenvalue weighted by molar-refractivity contribution is -0.137. The quantitative estimate of drug-likeness (QED) is 0.375. The van der Waals surface area contributed by atoms with Crippen molar-refractivity contribution in [3.8, 4) is 10.6 Å². The zero-order valence-corrected chi connectivity index (χ0v) is 24.2. The van der Waals surface area contributed by atoms with Gasteiger partial charge in [0.1, 0.15) is 10.4 Å². The standard InChI is InChI=1S/C29H28F3N5O3S2/c30-29(31,32)21-10-33-28(34-22-4-3-16(8-20(22)15-1-2-15)37-11-19-7-17(37)14-40-19)35-25(21)23-9-24-26(42-23)27(38)36(5-6-41-24)18-12-39-13-18/h3-4,8-10,15,17-19H,1-2,5-7,11-14H2,(H,33,34,35)/t17-,19-/m1/s1. The first-order chi connectivity index (χ1) is 20.3. The number of anilines is 3. The minimum absolute atomic E-state index is 0.0104. The van der Waals surface area contributed by atoms with Gasteiger partial charge >= 0.3 is 6.18 Å². The summed E-state index contributed by atoms with van der Waals surface area (Å²) < 4.78 is 53.5. The van der Waals surface area contributed by atoms with Crippen molar-refractivity contribution in [1.29, 1.82) is 0 Å². The molecule has 8 rings (SSSR count). The summed E-state index contributed by atoms with van der Waals surface area (Å²) in [5.74, 6) is 1.00. The van der Waals surface area contributed by atoms with Gasteiger partial charge in [0, 0.05) is 41.3 Å². The summed E-state index contributed by atoms with van der Waals surface area (Å²) in [5.41, 5.74) is 1.94. The van der Waals surface area contributed by atoms with E-state index in [0.717, 1.165) is 66.9 Å². The van der Waals surface area contributed by atoms with Gasteiger partial charge in [-0.05, 0) is 55.0 Å². The van der Waals surface area contributed by atoms with E-state index < -0.39 is 11.7 Å². The summed E-state index contributed by atoms with van der Waals surface area (Å²) in [6.45, 7) is 3.18. The van der Waals surface area contributed by atoms with Crippen molar-refractivity contribution >= 4 is 46.3 Å². The van der Waals surface area contributed by atoms with Crippen LogP contribution in [-0.4, -0.2) is 77.6 Å². The van der Waals surface area contributed by atoms with Gasteiger partial charge in [-0.15, -0.1) is 23.1 Å². The van der Waals surface area contributed by atoms with Gasteiger partial charge in [0.2, 0.25) is 5.95 Å². The number of aromatic nitrogens is 2. The van der Waals surface area contributed by atoms with Crippen LogP contribution >= 0.6 is 23.1 Å². The maximum Gasteiger partial charge on any atom is 0.420 e. The minimum atomic E-state index is -4.65. The van der Waals surface area contributed by atoms with Crippen LogP contribution in [0, 0.1) is 0 Å². The van der Waals surface area contributed by atoms with E-state index in [9.17, 15) is 18.0 Å². The monoisotopic (exact) mass is 615 g/mol. The highest BCUT2D eigenvalue weighted by Crippen LogP contribution is 2.47. The van der Waals surface area contributed by atoms with Crippen LogP contribution in [0.15, 0.2) is 35.4 Å². The number of amides is 1. The Morgan fingerprint density at radius 1 is 1.07 bits per heavy atom. The second kappa shape index (κ2) is 10.1. The normalized spacial score (nSPS) is 24.1. The third kappa shape index (κ3) is 4.74. The Kier molecular flexibility index (Phi) is 6.43. The highest BCUT2D eigenvalue weighted by Gasteiger charge is 2.40. The number of carbonyl (C=O) groups is 1. The molecule has 1 N–H and O–H groups in total. The third-order valence-corrected chi connectivity index (χ3v) is 10.9. The van der Waals surface area contributed by atoms with E-state index in [-0.39, 0.29) is 29.7 Å². The van der Waals surface area contributed by atoms with Gasteiger partial charge in [-0.3, -0.25) is 4.79 Å². The van der Waals surface area contributed by atoms with Crippen LogP contribution in [0.1, 0.15) is 46.0 Å². The van der Waals surface area contributed by atoms with Crippen LogP contribution in [0.2, 0.25) is 0 Å². The lowest BCUT2D eigenvalue weighted by Crippen LogP contribution is -2.52. The summed E-state index contributed by atoms with van der Waals surface area (Å²) in [6.07, 6.45) is -0.334. The summed E-state index contributed by atoms with van der Waals surface area (Å²) in [6, 6.07) is 8.31. The Bertz CT molecular complexity index is 1560. The molecule has 1 amide bonds. The Labute approximate surface area is 248 Å². The van der Waals surface area contributed by atoms with Crippen molar-refractivity contribution in [2.24, 2.45) is 0 Å². The molecule has 220 valence electrons. The summed E-state index contributed by atoms with van der Waals surface area (Å²) in [7, 11) is 0. The van der Waals surface area contributed by atoms with E-state index in [1.165, 1.54) is 11.8 Å². The van der Waals surface area contributed by atoms with E-state index in [0.29, 0.717) is 52.1 Å². The van der Waals surface area contributed by atoms with E-state index >= 15 is 0 Å². The highest BCUT2D eigenvalue weighted by atomic mass is 32.2. The lowest BCUT2D eigenvalue weighted by atomic mass is 10.1. The van der Waals surface area contributed by atoms with Crippen LogP contribution in [0.25, 0.3) is 10.6 Å². The third-order valence-electron chi connectivity index (χ3n) is 8.66. The summed E-state index contributed by atoms with van der Waals surface area (Å²) in [5, 5.41) is 3.23. The van der Waals surface area contributed by atoms with E-state index in [4.69, 9.17) is 9.47 Å². The van der Waals surface area contributed by atoms with E-state index in [1.54, 1.807) is 11.0 Å². The molecule has 0 unspecified atom stereocenters. The van der Waals surface area contributed by atoms with Crippen molar-refractivity contribution in [2.45, 2.75) is 54.4 Å². The predicted molar refractivity (Wildman–Crippen MR) is 154 cm³/mol. The number of rotatable bonds is 6. The molecule has 4 aliphatic heterocycles. The Hall–Kier alpha value is -2.87. The number of alkyl halides is 3. The highest BCUT2D eigenvalue weighted by molar-refractivity contribution is 7.99. The SMILES string of the molecule is O=C1c2sc(-c3nc(Nc4ccc(N5C[C@H]6C[C@@H]5CO6)cc4C4CC4)ncc3C(F)(F)F)cc2SCCN1C1COC1. The maximum absolute atomic E-state index is 14.2.